The van der Waals surface area contributed by atoms with Crippen LogP contribution in [0.2, 0.25) is 5.02 Å². The summed E-state index contributed by atoms with van der Waals surface area (Å²) in [5.41, 5.74) is 0.567. The van der Waals surface area contributed by atoms with Gasteiger partial charge >= 0.3 is 6.18 Å². The van der Waals surface area contributed by atoms with Crippen molar-refractivity contribution in [1.82, 2.24) is 14.5 Å². The molecule has 24 heavy (non-hydrogen) atoms. The van der Waals surface area contributed by atoms with Gasteiger partial charge in [-0.3, -0.25) is 0 Å². The van der Waals surface area contributed by atoms with Crippen LogP contribution in [-0.4, -0.2) is 20.3 Å². The van der Waals surface area contributed by atoms with E-state index < -0.39 is 11.7 Å². The third kappa shape index (κ3) is 2.98. The highest BCUT2D eigenvalue weighted by molar-refractivity contribution is 7.99. The second-order valence-corrected chi connectivity index (χ2v) is 6.79. The van der Waals surface area contributed by atoms with Gasteiger partial charge in [-0.05, 0) is 17.9 Å². The Labute approximate surface area is 145 Å². The summed E-state index contributed by atoms with van der Waals surface area (Å²) < 4.78 is 40.3. The van der Waals surface area contributed by atoms with E-state index in [4.69, 9.17) is 11.6 Å². The molecule has 0 radical (unpaired) electrons. The van der Waals surface area contributed by atoms with E-state index >= 15 is 0 Å². The number of nitrogens with zero attached hydrogens (tertiary/aromatic N) is 3. The van der Waals surface area contributed by atoms with Gasteiger partial charge in [0.2, 0.25) is 0 Å². The molecule has 0 unspecified atom stereocenters. The summed E-state index contributed by atoms with van der Waals surface area (Å²) in [6.45, 7) is 2.00. The van der Waals surface area contributed by atoms with Crippen molar-refractivity contribution in [3.63, 3.8) is 0 Å². The van der Waals surface area contributed by atoms with Gasteiger partial charge in [0, 0.05) is 23.7 Å². The van der Waals surface area contributed by atoms with Crippen molar-refractivity contribution >= 4 is 34.5 Å². The topological polar surface area (TPSA) is 30.7 Å². The largest absolute Gasteiger partial charge is 0.417 e. The van der Waals surface area contributed by atoms with E-state index in [-0.39, 0.29) is 5.52 Å². The van der Waals surface area contributed by atoms with Gasteiger partial charge in [0.25, 0.3) is 0 Å². The molecule has 0 aliphatic carbocycles. The van der Waals surface area contributed by atoms with Crippen LogP contribution in [0.3, 0.4) is 0 Å². The third-order valence-electron chi connectivity index (χ3n) is 3.53. The summed E-state index contributed by atoms with van der Waals surface area (Å²) in [4.78, 5) is 9.16. The number of aromatic nitrogens is 3. The van der Waals surface area contributed by atoms with E-state index in [2.05, 4.69) is 9.97 Å². The zero-order chi connectivity index (χ0) is 17.5. The van der Waals surface area contributed by atoms with Gasteiger partial charge < -0.3 is 4.57 Å². The first kappa shape index (κ1) is 17.1. The van der Waals surface area contributed by atoms with Gasteiger partial charge in [-0.1, -0.05) is 30.7 Å². The number of benzene rings is 1. The van der Waals surface area contributed by atoms with Crippen molar-refractivity contribution in [1.29, 1.82) is 0 Å². The Balaban J connectivity index is 2.21. The second-order valence-electron chi connectivity index (χ2n) is 5.11. The highest BCUT2D eigenvalue weighted by Crippen LogP contribution is 2.37. The van der Waals surface area contributed by atoms with Crippen molar-refractivity contribution < 1.29 is 13.2 Å². The number of hydrogen-bond acceptors (Lipinski definition) is 3. The highest BCUT2D eigenvalue weighted by atomic mass is 35.5. The number of alkyl halides is 3. The maximum Gasteiger partial charge on any atom is 0.417 e. The van der Waals surface area contributed by atoms with Crippen LogP contribution in [-0.2, 0) is 13.2 Å². The lowest BCUT2D eigenvalue weighted by molar-refractivity contribution is -0.137. The molecule has 0 aliphatic heterocycles. The predicted octanol–water partition coefficient (Wildman–Crippen LogP) is 5.42. The normalized spacial score (nSPS) is 12.1. The van der Waals surface area contributed by atoms with Crippen LogP contribution in [0, 0.1) is 0 Å². The van der Waals surface area contributed by atoms with Crippen molar-refractivity contribution in [2.75, 3.05) is 5.75 Å². The maximum atomic E-state index is 12.9. The molecule has 0 N–H and O–H groups in total. The van der Waals surface area contributed by atoms with E-state index in [1.165, 1.54) is 0 Å². The molecule has 0 saturated heterocycles. The number of aryl methyl sites for hydroxylation is 1. The quantitative estimate of drug-likeness (QED) is 0.576. The molecular formula is C16H13ClF3N3S. The van der Waals surface area contributed by atoms with Crippen molar-refractivity contribution in [3.8, 4) is 11.4 Å². The lowest BCUT2D eigenvalue weighted by Crippen LogP contribution is -2.05. The van der Waals surface area contributed by atoms with Crippen LogP contribution in [0.1, 0.15) is 12.5 Å². The number of thioether (sulfide) groups is 1. The number of halogens is 4. The molecule has 0 saturated carbocycles. The molecule has 0 atom stereocenters. The molecule has 2 aromatic heterocycles. The molecule has 3 nitrogen and oxygen atoms in total. The van der Waals surface area contributed by atoms with E-state index in [9.17, 15) is 13.2 Å². The van der Waals surface area contributed by atoms with Crippen LogP contribution in [0.4, 0.5) is 13.2 Å². The van der Waals surface area contributed by atoms with E-state index in [0.717, 1.165) is 28.5 Å². The van der Waals surface area contributed by atoms with Gasteiger partial charge in [0.1, 0.15) is 11.3 Å². The second kappa shape index (κ2) is 6.29. The number of fused-ring (bicyclic) bond motifs is 1. The first-order valence-corrected chi connectivity index (χ1v) is 8.50. The number of pyridine rings is 1. The molecular weight excluding hydrogens is 359 g/mol. The van der Waals surface area contributed by atoms with Crippen molar-refractivity contribution in [3.05, 3.63) is 41.0 Å². The molecule has 2 heterocycles. The summed E-state index contributed by atoms with van der Waals surface area (Å²) in [5.74, 6) is 1.35. The Kier molecular flexibility index (Phi) is 4.48. The molecule has 8 heteroatoms. The van der Waals surface area contributed by atoms with Crippen molar-refractivity contribution in [2.24, 2.45) is 7.05 Å². The number of hydrogen-bond donors (Lipinski definition) is 0. The summed E-state index contributed by atoms with van der Waals surface area (Å²) in [6, 6.07) is 6.45. The maximum absolute atomic E-state index is 12.9. The van der Waals surface area contributed by atoms with Gasteiger partial charge in [-0.25, -0.2) is 9.97 Å². The molecule has 0 aliphatic rings. The third-order valence-corrected chi connectivity index (χ3v) is 4.98. The Morgan fingerprint density at radius 1 is 1.29 bits per heavy atom. The fourth-order valence-electron chi connectivity index (χ4n) is 2.45. The zero-order valence-corrected chi connectivity index (χ0v) is 14.4. The van der Waals surface area contributed by atoms with Gasteiger partial charge in [0.15, 0.2) is 5.65 Å². The molecule has 0 fully saturated rings. The van der Waals surface area contributed by atoms with E-state index in [1.807, 2.05) is 13.0 Å². The molecule has 0 amide bonds. The van der Waals surface area contributed by atoms with Crippen LogP contribution >= 0.6 is 23.4 Å². The SMILES string of the molecule is CCSc1c(Cl)cccc1-c1nc2cc(C(F)(F)F)cnc2n1C. The van der Waals surface area contributed by atoms with Gasteiger partial charge in [0.05, 0.1) is 10.6 Å². The Morgan fingerprint density at radius 2 is 2.04 bits per heavy atom. The highest BCUT2D eigenvalue weighted by Gasteiger charge is 2.31. The predicted molar refractivity (Wildman–Crippen MR) is 90.4 cm³/mol. The number of imidazole rings is 1. The van der Waals surface area contributed by atoms with Gasteiger partial charge in [-0.2, -0.15) is 13.2 Å². The summed E-state index contributed by atoms with van der Waals surface area (Å²) in [6.07, 6.45) is -3.62. The fraction of sp³-hybridized carbons (Fsp3) is 0.250. The van der Waals surface area contributed by atoms with Crippen LogP contribution in [0.5, 0.6) is 0 Å². The number of rotatable bonds is 3. The summed E-state index contributed by atoms with van der Waals surface area (Å²) in [7, 11) is 1.73. The molecule has 3 rings (SSSR count). The van der Waals surface area contributed by atoms with Crippen LogP contribution in [0.25, 0.3) is 22.6 Å². The molecule has 3 aromatic rings. The lowest BCUT2D eigenvalue weighted by atomic mass is 10.2. The average molecular weight is 372 g/mol. The van der Waals surface area contributed by atoms with E-state index in [1.54, 1.807) is 35.5 Å². The van der Waals surface area contributed by atoms with Crippen LogP contribution < -0.4 is 0 Å². The van der Waals surface area contributed by atoms with Crippen LogP contribution in [0.15, 0.2) is 35.4 Å². The first-order valence-electron chi connectivity index (χ1n) is 7.14. The Bertz CT molecular complexity index is 905. The minimum Gasteiger partial charge on any atom is -0.312 e. The Hall–Kier alpha value is -1.73. The molecule has 0 spiro atoms. The van der Waals surface area contributed by atoms with Crippen molar-refractivity contribution in [2.45, 2.75) is 18.0 Å². The molecule has 0 bridgehead atoms. The van der Waals surface area contributed by atoms with Gasteiger partial charge in [-0.15, -0.1) is 11.8 Å². The minimum atomic E-state index is -4.45. The lowest BCUT2D eigenvalue weighted by Gasteiger charge is -2.10. The summed E-state index contributed by atoms with van der Waals surface area (Å²) in [5, 5.41) is 0.593. The average Bonchev–Trinajstić information content (AvgIpc) is 2.85. The smallest absolute Gasteiger partial charge is 0.312 e. The standard InChI is InChI=1S/C16H13ClF3N3S/c1-3-24-13-10(5-4-6-11(13)17)14-22-12-7-9(16(18,19)20)8-21-15(12)23(14)2/h4-8H,3H2,1-2H3. The Morgan fingerprint density at radius 3 is 2.71 bits per heavy atom. The summed E-state index contributed by atoms with van der Waals surface area (Å²) >= 11 is 7.84. The molecule has 126 valence electrons. The monoisotopic (exact) mass is 371 g/mol. The first-order chi connectivity index (χ1) is 11.3. The minimum absolute atomic E-state index is 0.203. The zero-order valence-electron chi connectivity index (χ0n) is 12.9. The van der Waals surface area contributed by atoms with E-state index in [0.29, 0.717) is 16.5 Å². The molecule has 1 aromatic carbocycles. The fourth-order valence-corrected chi connectivity index (χ4v) is 3.60.